The van der Waals surface area contributed by atoms with Crippen molar-refractivity contribution in [2.75, 3.05) is 22.8 Å². The van der Waals surface area contributed by atoms with Gasteiger partial charge in [0.25, 0.3) is 10.0 Å². The lowest BCUT2D eigenvalue weighted by atomic mass is 10.3. The highest BCUT2D eigenvalue weighted by molar-refractivity contribution is 7.92. The maximum Gasteiger partial charge on any atom is 0.264 e. The van der Waals surface area contributed by atoms with E-state index in [-0.39, 0.29) is 10.8 Å². The van der Waals surface area contributed by atoms with E-state index >= 15 is 0 Å². The summed E-state index contributed by atoms with van der Waals surface area (Å²) in [4.78, 5) is 17.5. The van der Waals surface area contributed by atoms with Crippen molar-refractivity contribution in [3.05, 3.63) is 48.8 Å². The molecule has 0 atom stereocenters. The van der Waals surface area contributed by atoms with Crippen molar-refractivity contribution in [2.45, 2.75) is 17.7 Å². The Balaban J connectivity index is 1.87. The van der Waals surface area contributed by atoms with Gasteiger partial charge in [-0.05, 0) is 42.8 Å². The molecule has 0 saturated carbocycles. The van der Waals surface area contributed by atoms with Gasteiger partial charge in [0, 0.05) is 31.9 Å². The smallest absolute Gasteiger partial charge is 0.264 e. The van der Waals surface area contributed by atoms with Crippen LogP contribution in [-0.4, -0.2) is 32.9 Å². The lowest BCUT2D eigenvalue weighted by Gasteiger charge is -2.20. The highest BCUT2D eigenvalue weighted by Crippen LogP contribution is 2.25. The molecule has 1 fully saturated rings. The molecule has 0 radical (unpaired) electrons. The molecular weight excluding hydrogens is 314 g/mol. The van der Waals surface area contributed by atoms with Crippen molar-refractivity contribution in [3.8, 4) is 0 Å². The van der Waals surface area contributed by atoms with Crippen LogP contribution in [-0.2, 0) is 14.8 Å². The molecule has 23 heavy (non-hydrogen) atoms. The molecule has 0 spiro atoms. The minimum atomic E-state index is -3.66. The molecular formula is C16H17N3O3S. The van der Waals surface area contributed by atoms with Crippen LogP contribution in [0.3, 0.4) is 0 Å². The first-order valence-electron chi connectivity index (χ1n) is 7.29. The van der Waals surface area contributed by atoms with Crippen LogP contribution < -0.4 is 9.21 Å². The Hall–Kier alpha value is -2.41. The fraction of sp³-hybridized carbons (Fsp3) is 0.250. The Labute approximate surface area is 135 Å². The van der Waals surface area contributed by atoms with Crippen LogP contribution in [0.15, 0.2) is 53.7 Å². The molecule has 0 aliphatic carbocycles. The summed E-state index contributed by atoms with van der Waals surface area (Å²) in [7, 11) is -2.17. The second-order valence-electron chi connectivity index (χ2n) is 5.33. The SMILES string of the molecule is CN(c1cccnc1)S(=O)(=O)c1ccc(N2CCCC2=O)cc1. The van der Waals surface area contributed by atoms with E-state index in [2.05, 4.69) is 4.98 Å². The van der Waals surface area contributed by atoms with Gasteiger partial charge in [-0.25, -0.2) is 8.42 Å². The highest BCUT2D eigenvalue weighted by Gasteiger charge is 2.24. The van der Waals surface area contributed by atoms with Gasteiger partial charge in [-0.15, -0.1) is 0 Å². The van der Waals surface area contributed by atoms with Crippen molar-refractivity contribution < 1.29 is 13.2 Å². The summed E-state index contributed by atoms with van der Waals surface area (Å²) in [5.41, 5.74) is 1.22. The zero-order valence-electron chi connectivity index (χ0n) is 12.7. The number of hydrogen-bond acceptors (Lipinski definition) is 4. The van der Waals surface area contributed by atoms with E-state index in [1.54, 1.807) is 35.4 Å². The molecule has 1 saturated heterocycles. The molecule has 0 N–H and O–H groups in total. The van der Waals surface area contributed by atoms with Crippen molar-refractivity contribution >= 4 is 27.3 Å². The molecule has 1 amide bonds. The van der Waals surface area contributed by atoms with E-state index in [1.807, 2.05) is 0 Å². The van der Waals surface area contributed by atoms with Gasteiger partial charge in [0.1, 0.15) is 0 Å². The number of aromatic nitrogens is 1. The van der Waals surface area contributed by atoms with Gasteiger partial charge in [-0.2, -0.15) is 0 Å². The van der Waals surface area contributed by atoms with E-state index in [4.69, 9.17) is 0 Å². The maximum atomic E-state index is 12.6. The molecule has 2 aromatic rings. The van der Waals surface area contributed by atoms with Gasteiger partial charge in [0.2, 0.25) is 5.91 Å². The molecule has 1 aromatic heterocycles. The fourth-order valence-electron chi connectivity index (χ4n) is 2.56. The summed E-state index contributed by atoms with van der Waals surface area (Å²) in [6.45, 7) is 0.681. The standard InChI is InChI=1S/C16H17N3O3S/c1-18(14-4-2-10-17-12-14)23(21,22)15-8-6-13(7-9-15)19-11-3-5-16(19)20/h2,4,6-10,12H,3,5,11H2,1H3. The Morgan fingerprint density at radius 1 is 1.17 bits per heavy atom. The van der Waals surface area contributed by atoms with E-state index < -0.39 is 10.0 Å². The minimum Gasteiger partial charge on any atom is -0.312 e. The number of pyridine rings is 1. The van der Waals surface area contributed by atoms with Crippen LogP contribution in [0.2, 0.25) is 0 Å². The molecule has 2 heterocycles. The predicted octanol–water partition coefficient (Wildman–Crippen LogP) is 2.03. The summed E-state index contributed by atoms with van der Waals surface area (Å²) >= 11 is 0. The number of amides is 1. The van der Waals surface area contributed by atoms with Crippen LogP contribution in [0.25, 0.3) is 0 Å². The number of hydrogen-bond donors (Lipinski definition) is 0. The first kappa shape index (κ1) is 15.5. The number of anilines is 2. The Morgan fingerprint density at radius 2 is 1.91 bits per heavy atom. The number of rotatable bonds is 4. The Kier molecular flexibility index (Phi) is 4.04. The number of benzene rings is 1. The van der Waals surface area contributed by atoms with E-state index in [1.165, 1.54) is 29.7 Å². The second-order valence-corrected chi connectivity index (χ2v) is 7.30. The van der Waals surface area contributed by atoms with Gasteiger partial charge in [0.05, 0.1) is 16.8 Å². The summed E-state index contributed by atoms with van der Waals surface area (Å²) in [6, 6.07) is 9.78. The van der Waals surface area contributed by atoms with E-state index in [0.29, 0.717) is 18.7 Å². The lowest BCUT2D eigenvalue weighted by molar-refractivity contribution is -0.117. The van der Waals surface area contributed by atoms with Crippen molar-refractivity contribution in [2.24, 2.45) is 0 Å². The van der Waals surface area contributed by atoms with Crippen LogP contribution in [0.1, 0.15) is 12.8 Å². The number of sulfonamides is 1. The summed E-state index contributed by atoms with van der Waals surface area (Å²) in [5.74, 6) is 0.0769. The number of nitrogens with zero attached hydrogens (tertiary/aromatic N) is 3. The van der Waals surface area contributed by atoms with Crippen LogP contribution >= 0.6 is 0 Å². The quantitative estimate of drug-likeness (QED) is 0.859. The van der Waals surface area contributed by atoms with Crippen LogP contribution in [0.4, 0.5) is 11.4 Å². The molecule has 0 unspecified atom stereocenters. The molecule has 3 rings (SSSR count). The van der Waals surface area contributed by atoms with Gasteiger partial charge in [-0.1, -0.05) is 0 Å². The van der Waals surface area contributed by atoms with Crippen molar-refractivity contribution in [1.82, 2.24) is 4.98 Å². The largest absolute Gasteiger partial charge is 0.312 e. The predicted molar refractivity (Wildman–Crippen MR) is 87.9 cm³/mol. The third-order valence-electron chi connectivity index (χ3n) is 3.89. The molecule has 120 valence electrons. The van der Waals surface area contributed by atoms with E-state index in [0.717, 1.165) is 12.1 Å². The van der Waals surface area contributed by atoms with E-state index in [9.17, 15) is 13.2 Å². The van der Waals surface area contributed by atoms with Crippen LogP contribution in [0.5, 0.6) is 0 Å². The molecule has 1 aromatic carbocycles. The number of carbonyl (C=O) groups is 1. The first-order chi connectivity index (χ1) is 11.0. The monoisotopic (exact) mass is 331 g/mol. The molecule has 6 nitrogen and oxygen atoms in total. The highest BCUT2D eigenvalue weighted by atomic mass is 32.2. The van der Waals surface area contributed by atoms with Crippen LogP contribution in [0, 0.1) is 0 Å². The average molecular weight is 331 g/mol. The van der Waals surface area contributed by atoms with Gasteiger partial charge in [0.15, 0.2) is 0 Å². The topological polar surface area (TPSA) is 70.6 Å². The van der Waals surface area contributed by atoms with Crippen molar-refractivity contribution in [3.63, 3.8) is 0 Å². The second kappa shape index (κ2) is 6.00. The van der Waals surface area contributed by atoms with Crippen molar-refractivity contribution in [1.29, 1.82) is 0 Å². The molecule has 1 aliphatic rings. The Morgan fingerprint density at radius 3 is 2.48 bits per heavy atom. The Bertz CT molecular complexity index is 804. The molecule has 1 aliphatic heterocycles. The minimum absolute atomic E-state index is 0.0769. The van der Waals surface area contributed by atoms with Gasteiger partial charge < -0.3 is 4.90 Å². The third kappa shape index (κ3) is 2.92. The fourth-order valence-corrected chi connectivity index (χ4v) is 3.74. The normalized spacial score (nSPS) is 15.0. The number of carbonyl (C=O) groups excluding carboxylic acids is 1. The van der Waals surface area contributed by atoms with Gasteiger partial charge in [-0.3, -0.25) is 14.1 Å². The van der Waals surface area contributed by atoms with Gasteiger partial charge >= 0.3 is 0 Å². The summed E-state index contributed by atoms with van der Waals surface area (Å²) < 4.78 is 26.5. The maximum absolute atomic E-state index is 12.6. The first-order valence-corrected chi connectivity index (χ1v) is 8.73. The molecule has 0 bridgehead atoms. The lowest BCUT2D eigenvalue weighted by Crippen LogP contribution is -2.27. The zero-order chi connectivity index (χ0) is 16.4. The molecule has 7 heteroatoms. The average Bonchev–Trinajstić information content (AvgIpc) is 3.01. The summed E-state index contributed by atoms with van der Waals surface area (Å²) in [5, 5.41) is 0. The summed E-state index contributed by atoms with van der Waals surface area (Å²) in [6.07, 6.45) is 4.47. The zero-order valence-corrected chi connectivity index (χ0v) is 13.5. The third-order valence-corrected chi connectivity index (χ3v) is 5.69.